The van der Waals surface area contributed by atoms with Crippen molar-refractivity contribution in [3.63, 3.8) is 0 Å². The third-order valence-electron chi connectivity index (χ3n) is 4.57. The van der Waals surface area contributed by atoms with Crippen LogP contribution in [0.1, 0.15) is 26.8 Å². The quantitative estimate of drug-likeness (QED) is 0.484. The number of anilines is 1. The van der Waals surface area contributed by atoms with Gasteiger partial charge in [-0.15, -0.1) is 11.3 Å². The summed E-state index contributed by atoms with van der Waals surface area (Å²) < 4.78 is 22.0. The Morgan fingerprint density at radius 1 is 1.12 bits per heavy atom. The van der Waals surface area contributed by atoms with Gasteiger partial charge in [0.15, 0.2) is 18.1 Å². The molecular formula is C23H21ClN2O6S. The average Bonchev–Trinajstić information content (AvgIpc) is 3.02. The second-order valence-electron chi connectivity index (χ2n) is 7.10. The maximum Gasteiger partial charge on any atom is 0.350 e. The number of carbonyl (C=O) groups is 2. The molecule has 0 unspecified atom stereocenters. The van der Waals surface area contributed by atoms with Crippen molar-refractivity contribution in [2.75, 3.05) is 25.1 Å². The van der Waals surface area contributed by atoms with Crippen molar-refractivity contribution >= 4 is 40.5 Å². The number of aryl methyl sites for hydroxylation is 1. The van der Waals surface area contributed by atoms with Gasteiger partial charge in [0.05, 0.1) is 18.9 Å². The van der Waals surface area contributed by atoms with Crippen LogP contribution in [0.25, 0.3) is 0 Å². The number of benzene rings is 2. The van der Waals surface area contributed by atoms with E-state index in [-0.39, 0.29) is 6.61 Å². The van der Waals surface area contributed by atoms with E-state index < -0.39 is 18.5 Å². The maximum atomic E-state index is 12.5. The van der Waals surface area contributed by atoms with E-state index in [0.717, 1.165) is 17.8 Å². The number of ether oxygens (including phenoxy) is 4. The minimum absolute atomic E-state index is 0.199. The largest absolute Gasteiger partial charge is 0.490 e. The molecular weight excluding hydrogens is 468 g/mol. The van der Waals surface area contributed by atoms with Gasteiger partial charge in [-0.2, -0.15) is 0 Å². The van der Waals surface area contributed by atoms with Gasteiger partial charge < -0.3 is 24.3 Å². The molecule has 0 saturated carbocycles. The summed E-state index contributed by atoms with van der Waals surface area (Å²) in [5.41, 5.74) is 1.04. The molecule has 0 fully saturated rings. The topological polar surface area (TPSA) is 96.0 Å². The highest BCUT2D eigenvalue weighted by Gasteiger charge is 2.19. The molecule has 0 aliphatic carbocycles. The predicted octanol–water partition coefficient (Wildman–Crippen LogP) is 4.64. The van der Waals surface area contributed by atoms with E-state index in [0.29, 0.717) is 56.8 Å². The summed E-state index contributed by atoms with van der Waals surface area (Å²) in [5, 5.41) is 3.92. The smallest absolute Gasteiger partial charge is 0.350 e. The molecule has 3 aromatic rings. The zero-order valence-corrected chi connectivity index (χ0v) is 19.3. The van der Waals surface area contributed by atoms with E-state index in [1.54, 1.807) is 49.4 Å². The van der Waals surface area contributed by atoms with Gasteiger partial charge in [0.25, 0.3) is 5.91 Å². The molecule has 2 aromatic carbocycles. The van der Waals surface area contributed by atoms with Crippen LogP contribution in [-0.4, -0.2) is 36.7 Å². The number of carbonyl (C=O) groups excluding carboxylic acids is 2. The number of amides is 1. The van der Waals surface area contributed by atoms with E-state index in [9.17, 15) is 9.59 Å². The van der Waals surface area contributed by atoms with Crippen LogP contribution in [0.2, 0.25) is 5.02 Å². The number of fused-ring (bicyclic) bond motifs is 1. The lowest BCUT2D eigenvalue weighted by molar-refractivity contribution is -0.119. The molecule has 0 saturated heterocycles. The number of hydrogen-bond acceptors (Lipinski definition) is 8. The number of nitrogens with zero attached hydrogens (tertiary/aromatic N) is 1. The Labute approximate surface area is 199 Å². The summed E-state index contributed by atoms with van der Waals surface area (Å²) in [5.74, 6) is 0.759. The summed E-state index contributed by atoms with van der Waals surface area (Å²) in [6, 6.07) is 12.1. The van der Waals surface area contributed by atoms with E-state index in [4.69, 9.17) is 30.5 Å². The highest BCUT2D eigenvalue weighted by atomic mass is 35.5. The second-order valence-corrected chi connectivity index (χ2v) is 8.62. The van der Waals surface area contributed by atoms with Crippen molar-refractivity contribution in [1.82, 2.24) is 4.98 Å². The summed E-state index contributed by atoms with van der Waals surface area (Å²) in [4.78, 5) is 29.4. The van der Waals surface area contributed by atoms with Crippen LogP contribution in [-0.2, 0) is 16.1 Å². The molecule has 1 aliphatic rings. The van der Waals surface area contributed by atoms with Gasteiger partial charge in [-0.3, -0.25) is 4.79 Å². The van der Waals surface area contributed by atoms with E-state index >= 15 is 0 Å². The van der Waals surface area contributed by atoms with Crippen LogP contribution in [0.3, 0.4) is 0 Å². The number of halogens is 1. The molecule has 0 radical (unpaired) electrons. The zero-order chi connectivity index (χ0) is 23.2. The highest BCUT2D eigenvalue weighted by Crippen LogP contribution is 2.32. The molecule has 2 heterocycles. The van der Waals surface area contributed by atoms with Gasteiger partial charge in [0.2, 0.25) is 0 Å². The maximum absolute atomic E-state index is 12.5. The molecule has 1 aliphatic heterocycles. The van der Waals surface area contributed by atoms with E-state index in [1.807, 2.05) is 0 Å². The van der Waals surface area contributed by atoms with Crippen LogP contribution in [0.15, 0.2) is 42.5 Å². The first-order valence-electron chi connectivity index (χ1n) is 10.2. The second kappa shape index (κ2) is 10.5. The van der Waals surface area contributed by atoms with Crippen molar-refractivity contribution in [2.24, 2.45) is 0 Å². The standard InChI is InChI=1S/C23H21ClN2O6S/c1-14-22(33-21(25-14)13-31-17-6-3-15(24)4-7-17)23(28)32-12-20(27)26-16-5-8-18-19(11-16)30-10-2-9-29-18/h3-8,11H,2,9-10,12-13H2,1H3,(H,26,27). The van der Waals surface area contributed by atoms with Gasteiger partial charge in [0, 0.05) is 23.2 Å². The molecule has 33 heavy (non-hydrogen) atoms. The number of nitrogens with one attached hydrogen (secondary N) is 1. The van der Waals surface area contributed by atoms with Crippen LogP contribution >= 0.6 is 22.9 Å². The summed E-state index contributed by atoms with van der Waals surface area (Å²) >= 11 is 7.03. The van der Waals surface area contributed by atoms with Crippen LogP contribution < -0.4 is 19.5 Å². The van der Waals surface area contributed by atoms with Crippen LogP contribution in [0.5, 0.6) is 17.2 Å². The Hall–Kier alpha value is -3.30. The summed E-state index contributed by atoms with van der Waals surface area (Å²) in [6.07, 6.45) is 0.790. The Bertz CT molecular complexity index is 1150. The molecule has 1 N–H and O–H groups in total. The minimum atomic E-state index is -0.614. The third kappa shape index (κ3) is 6.15. The number of esters is 1. The lowest BCUT2D eigenvalue weighted by Crippen LogP contribution is -2.20. The molecule has 1 aromatic heterocycles. The molecule has 172 valence electrons. The molecule has 0 atom stereocenters. The first-order chi connectivity index (χ1) is 16.0. The lowest BCUT2D eigenvalue weighted by atomic mass is 10.2. The van der Waals surface area contributed by atoms with Gasteiger partial charge >= 0.3 is 5.97 Å². The number of rotatable bonds is 7. The monoisotopic (exact) mass is 488 g/mol. The van der Waals surface area contributed by atoms with Gasteiger partial charge in [-0.25, -0.2) is 9.78 Å². The molecule has 4 rings (SSSR count). The fourth-order valence-corrected chi connectivity index (χ4v) is 4.01. The predicted molar refractivity (Wildman–Crippen MR) is 124 cm³/mol. The number of hydrogen-bond donors (Lipinski definition) is 1. The van der Waals surface area contributed by atoms with Crippen molar-refractivity contribution < 1.29 is 28.5 Å². The average molecular weight is 489 g/mol. The normalized spacial score (nSPS) is 12.5. The molecule has 0 bridgehead atoms. The van der Waals surface area contributed by atoms with Crippen LogP contribution in [0, 0.1) is 6.92 Å². The van der Waals surface area contributed by atoms with Crippen LogP contribution in [0.4, 0.5) is 5.69 Å². The molecule has 0 spiro atoms. The highest BCUT2D eigenvalue weighted by molar-refractivity contribution is 7.13. The molecule has 8 nitrogen and oxygen atoms in total. The SMILES string of the molecule is Cc1nc(COc2ccc(Cl)cc2)sc1C(=O)OCC(=O)Nc1ccc2c(c1)OCCCO2. The summed E-state index contributed by atoms with van der Waals surface area (Å²) in [6.45, 7) is 2.60. The Morgan fingerprint density at radius 2 is 1.88 bits per heavy atom. The molecule has 1 amide bonds. The van der Waals surface area contributed by atoms with Crippen molar-refractivity contribution in [2.45, 2.75) is 20.0 Å². The fraction of sp³-hybridized carbons (Fsp3) is 0.261. The Morgan fingerprint density at radius 3 is 2.67 bits per heavy atom. The van der Waals surface area contributed by atoms with Gasteiger partial charge in [-0.1, -0.05) is 11.6 Å². The summed E-state index contributed by atoms with van der Waals surface area (Å²) in [7, 11) is 0. The Kier molecular flexibility index (Phi) is 7.31. The van der Waals surface area contributed by atoms with Crippen molar-refractivity contribution in [3.8, 4) is 17.2 Å². The van der Waals surface area contributed by atoms with Crippen molar-refractivity contribution in [3.05, 3.63) is 63.1 Å². The first kappa shape index (κ1) is 22.9. The lowest BCUT2D eigenvalue weighted by Gasteiger charge is -2.10. The number of aromatic nitrogens is 1. The number of thiazole rings is 1. The zero-order valence-electron chi connectivity index (χ0n) is 17.8. The van der Waals surface area contributed by atoms with E-state index in [1.165, 1.54) is 0 Å². The molecule has 10 heteroatoms. The fourth-order valence-electron chi connectivity index (χ4n) is 3.01. The first-order valence-corrected chi connectivity index (χ1v) is 11.4. The van der Waals surface area contributed by atoms with Crippen molar-refractivity contribution in [1.29, 1.82) is 0 Å². The third-order valence-corrected chi connectivity index (χ3v) is 5.93. The van der Waals surface area contributed by atoms with Gasteiger partial charge in [-0.05, 0) is 43.3 Å². The van der Waals surface area contributed by atoms with Gasteiger partial charge in [0.1, 0.15) is 22.2 Å². The Balaban J connectivity index is 1.29. The van der Waals surface area contributed by atoms with E-state index in [2.05, 4.69) is 10.3 Å². The minimum Gasteiger partial charge on any atom is -0.490 e.